The predicted octanol–water partition coefficient (Wildman–Crippen LogP) is 2.68. The molecular formula is C13H13ClN2O2. The molecule has 2 rings (SSSR count). The zero-order valence-corrected chi connectivity index (χ0v) is 10.6. The van der Waals surface area contributed by atoms with Crippen LogP contribution in [0.4, 0.5) is 5.82 Å². The van der Waals surface area contributed by atoms with Gasteiger partial charge in [-0.2, -0.15) is 0 Å². The Labute approximate surface area is 109 Å². The molecule has 0 unspecified atom stereocenters. The van der Waals surface area contributed by atoms with E-state index in [2.05, 4.69) is 4.98 Å². The van der Waals surface area contributed by atoms with Crippen LogP contribution in [-0.4, -0.2) is 11.6 Å². The number of nitrogen functional groups attached to an aromatic ring is 1. The van der Waals surface area contributed by atoms with E-state index in [0.29, 0.717) is 23.2 Å². The molecular weight excluding hydrogens is 252 g/mol. The lowest BCUT2D eigenvalue weighted by Crippen LogP contribution is -2.07. The van der Waals surface area contributed by atoms with Crippen molar-refractivity contribution in [3.63, 3.8) is 0 Å². The fraction of sp³-hybridized carbons (Fsp3) is 0.154. The number of nitrogens with one attached hydrogen (secondary N) is 1. The Balaban J connectivity index is 2.45. The summed E-state index contributed by atoms with van der Waals surface area (Å²) in [4.78, 5) is 13.8. The Kier molecular flexibility index (Phi) is 3.58. The van der Waals surface area contributed by atoms with Crippen LogP contribution in [0.5, 0.6) is 5.75 Å². The average molecular weight is 265 g/mol. The van der Waals surface area contributed by atoms with Crippen LogP contribution in [0.15, 0.2) is 35.1 Å². The molecule has 0 aliphatic carbocycles. The van der Waals surface area contributed by atoms with Gasteiger partial charge in [-0.15, -0.1) is 0 Å². The fourth-order valence-electron chi connectivity index (χ4n) is 1.68. The molecule has 0 bridgehead atoms. The summed E-state index contributed by atoms with van der Waals surface area (Å²) in [5.41, 5.74) is 6.90. The zero-order chi connectivity index (χ0) is 13.1. The third-order valence-corrected chi connectivity index (χ3v) is 2.73. The minimum Gasteiger partial charge on any atom is -0.492 e. The highest BCUT2D eigenvalue weighted by atomic mass is 35.5. The van der Waals surface area contributed by atoms with Crippen molar-refractivity contribution in [3.8, 4) is 16.9 Å². The number of rotatable bonds is 3. The second-order valence-electron chi connectivity index (χ2n) is 3.77. The van der Waals surface area contributed by atoms with Gasteiger partial charge in [0.25, 0.3) is 0 Å². The van der Waals surface area contributed by atoms with Crippen molar-refractivity contribution >= 4 is 17.4 Å². The van der Waals surface area contributed by atoms with E-state index in [1.807, 2.05) is 13.0 Å². The highest BCUT2D eigenvalue weighted by Gasteiger charge is 2.05. The topological polar surface area (TPSA) is 68.1 Å². The zero-order valence-electron chi connectivity index (χ0n) is 9.87. The van der Waals surface area contributed by atoms with E-state index in [0.717, 1.165) is 11.1 Å². The molecule has 5 heteroatoms. The van der Waals surface area contributed by atoms with Crippen LogP contribution in [0.25, 0.3) is 11.1 Å². The lowest BCUT2D eigenvalue weighted by Gasteiger charge is -2.08. The first-order chi connectivity index (χ1) is 8.60. The van der Waals surface area contributed by atoms with Crippen molar-refractivity contribution in [1.82, 2.24) is 4.98 Å². The summed E-state index contributed by atoms with van der Waals surface area (Å²) in [5.74, 6) is 0.947. The Morgan fingerprint density at radius 2 is 2.06 bits per heavy atom. The number of halogens is 1. The van der Waals surface area contributed by atoms with Gasteiger partial charge in [0.15, 0.2) is 0 Å². The Hall–Kier alpha value is -1.94. The third kappa shape index (κ3) is 2.65. The van der Waals surface area contributed by atoms with Crippen molar-refractivity contribution in [2.45, 2.75) is 6.92 Å². The first kappa shape index (κ1) is 12.5. The molecule has 0 amide bonds. The van der Waals surface area contributed by atoms with Gasteiger partial charge in [0.1, 0.15) is 11.6 Å². The molecule has 2 aromatic rings. The van der Waals surface area contributed by atoms with Crippen molar-refractivity contribution in [3.05, 3.63) is 45.7 Å². The van der Waals surface area contributed by atoms with Crippen molar-refractivity contribution in [1.29, 1.82) is 0 Å². The van der Waals surface area contributed by atoms with Gasteiger partial charge >= 0.3 is 0 Å². The Bertz CT molecular complexity index is 623. The molecule has 0 fully saturated rings. The van der Waals surface area contributed by atoms with Crippen molar-refractivity contribution in [2.24, 2.45) is 0 Å². The molecule has 0 aliphatic rings. The number of nitrogens with two attached hydrogens (primary N) is 1. The lowest BCUT2D eigenvalue weighted by atomic mass is 10.1. The van der Waals surface area contributed by atoms with Crippen molar-refractivity contribution < 1.29 is 4.74 Å². The molecule has 0 saturated carbocycles. The van der Waals surface area contributed by atoms with E-state index in [4.69, 9.17) is 22.1 Å². The largest absolute Gasteiger partial charge is 0.492 e. The molecule has 1 aromatic heterocycles. The maximum atomic E-state index is 11.3. The number of anilines is 1. The number of aromatic nitrogens is 1. The number of H-pyrrole nitrogens is 1. The van der Waals surface area contributed by atoms with E-state index in [-0.39, 0.29) is 5.56 Å². The summed E-state index contributed by atoms with van der Waals surface area (Å²) in [7, 11) is 0. The van der Waals surface area contributed by atoms with E-state index in [9.17, 15) is 4.79 Å². The molecule has 0 saturated heterocycles. The maximum absolute atomic E-state index is 11.3. The van der Waals surface area contributed by atoms with Crippen molar-refractivity contribution in [2.75, 3.05) is 12.3 Å². The van der Waals surface area contributed by atoms with E-state index in [1.54, 1.807) is 18.2 Å². The Morgan fingerprint density at radius 3 is 2.67 bits per heavy atom. The van der Waals surface area contributed by atoms with Gasteiger partial charge < -0.3 is 15.5 Å². The van der Waals surface area contributed by atoms with Crippen LogP contribution < -0.4 is 16.0 Å². The second-order valence-corrected chi connectivity index (χ2v) is 4.17. The summed E-state index contributed by atoms with van der Waals surface area (Å²) in [6.07, 6.45) is 0. The smallest absolute Gasteiger partial charge is 0.250 e. The summed E-state index contributed by atoms with van der Waals surface area (Å²) in [5, 5.41) is 0.508. The van der Waals surface area contributed by atoms with Crippen LogP contribution >= 0.6 is 11.6 Å². The van der Waals surface area contributed by atoms with Gasteiger partial charge in [-0.05, 0) is 36.2 Å². The number of hydrogen-bond donors (Lipinski definition) is 2. The van der Waals surface area contributed by atoms with Gasteiger partial charge in [0, 0.05) is 6.07 Å². The maximum Gasteiger partial charge on any atom is 0.250 e. The van der Waals surface area contributed by atoms with Gasteiger partial charge in [-0.1, -0.05) is 17.7 Å². The standard InChI is InChI=1S/C13H13ClN2O2/c1-2-18-11-4-3-8(5-10(11)14)9-6-12(15)16-13(17)7-9/h3-7H,2H2,1H3,(H3,15,16,17). The van der Waals surface area contributed by atoms with E-state index in [1.165, 1.54) is 6.07 Å². The molecule has 0 atom stereocenters. The molecule has 1 aromatic carbocycles. The summed E-state index contributed by atoms with van der Waals surface area (Å²) >= 11 is 6.10. The second kappa shape index (κ2) is 5.14. The molecule has 0 radical (unpaired) electrons. The first-order valence-electron chi connectivity index (χ1n) is 5.52. The molecule has 0 aliphatic heterocycles. The highest BCUT2D eigenvalue weighted by Crippen LogP contribution is 2.30. The third-order valence-electron chi connectivity index (χ3n) is 2.43. The van der Waals surface area contributed by atoms with Crippen LogP contribution in [0.3, 0.4) is 0 Å². The first-order valence-corrected chi connectivity index (χ1v) is 5.90. The molecule has 1 heterocycles. The number of ether oxygens (including phenoxy) is 1. The van der Waals surface area contributed by atoms with Crippen LogP contribution in [-0.2, 0) is 0 Å². The monoisotopic (exact) mass is 264 g/mol. The van der Waals surface area contributed by atoms with Gasteiger partial charge in [-0.3, -0.25) is 4.79 Å². The SMILES string of the molecule is CCOc1ccc(-c2cc(N)[nH]c(=O)c2)cc1Cl. The van der Waals surface area contributed by atoms with Crippen LogP contribution in [0, 0.1) is 0 Å². The number of benzene rings is 1. The average Bonchev–Trinajstić information content (AvgIpc) is 2.30. The molecule has 18 heavy (non-hydrogen) atoms. The number of pyridine rings is 1. The lowest BCUT2D eigenvalue weighted by molar-refractivity contribution is 0.340. The normalized spacial score (nSPS) is 10.3. The molecule has 94 valence electrons. The van der Waals surface area contributed by atoms with Gasteiger partial charge in [-0.25, -0.2) is 0 Å². The summed E-state index contributed by atoms with van der Waals surface area (Å²) in [6, 6.07) is 8.53. The quantitative estimate of drug-likeness (QED) is 0.896. The van der Waals surface area contributed by atoms with Gasteiger partial charge in [0.2, 0.25) is 5.56 Å². The summed E-state index contributed by atoms with van der Waals surface area (Å²) in [6.45, 7) is 2.44. The molecule has 3 N–H and O–H groups in total. The van der Waals surface area contributed by atoms with Gasteiger partial charge in [0.05, 0.1) is 11.6 Å². The molecule has 0 spiro atoms. The highest BCUT2D eigenvalue weighted by molar-refractivity contribution is 6.32. The van der Waals surface area contributed by atoms with E-state index >= 15 is 0 Å². The van der Waals surface area contributed by atoms with E-state index < -0.39 is 0 Å². The molecule has 4 nitrogen and oxygen atoms in total. The number of aromatic amines is 1. The Morgan fingerprint density at radius 1 is 1.28 bits per heavy atom. The minimum atomic E-state index is -0.241. The van der Waals surface area contributed by atoms with Crippen LogP contribution in [0.2, 0.25) is 5.02 Å². The number of hydrogen-bond acceptors (Lipinski definition) is 3. The minimum absolute atomic E-state index is 0.241. The predicted molar refractivity (Wildman–Crippen MR) is 73.1 cm³/mol. The van der Waals surface area contributed by atoms with Crippen LogP contribution in [0.1, 0.15) is 6.92 Å². The fourth-order valence-corrected chi connectivity index (χ4v) is 1.92. The summed E-state index contributed by atoms with van der Waals surface area (Å²) < 4.78 is 5.35.